The molecule has 0 aromatic heterocycles. The highest BCUT2D eigenvalue weighted by Crippen LogP contribution is 2.41. The van der Waals surface area contributed by atoms with Crippen molar-refractivity contribution in [3.05, 3.63) is 70.8 Å². The van der Waals surface area contributed by atoms with Crippen LogP contribution in [-0.4, -0.2) is 4.83 Å². The van der Waals surface area contributed by atoms with Gasteiger partial charge in [-0.25, -0.2) is 8.78 Å². The molecule has 2 aromatic carbocycles. The van der Waals surface area contributed by atoms with Crippen LogP contribution in [0.2, 0.25) is 0 Å². The van der Waals surface area contributed by atoms with Crippen LogP contribution in [0.3, 0.4) is 0 Å². The molecule has 1 aliphatic carbocycles. The fourth-order valence-corrected chi connectivity index (χ4v) is 3.48. The van der Waals surface area contributed by atoms with Gasteiger partial charge in [-0.2, -0.15) is 0 Å². The summed E-state index contributed by atoms with van der Waals surface area (Å²) in [5, 5.41) is 0. The summed E-state index contributed by atoms with van der Waals surface area (Å²) in [4.78, 5) is 0.183. The fraction of sp³-hybridized carbons (Fsp3) is 0.250. The number of hydrogen-bond acceptors (Lipinski definition) is 0. The van der Waals surface area contributed by atoms with Gasteiger partial charge in [0.2, 0.25) is 0 Å². The molecule has 2 aromatic rings. The summed E-state index contributed by atoms with van der Waals surface area (Å²) in [6, 6.07) is 12.1. The summed E-state index contributed by atoms with van der Waals surface area (Å²) in [6.45, 7) is 0. The van der Waals surface area contributed by atoms with Crippen LogP contribution < -0.4 is 0 Å². The molecule has 98 valence electrons. The molecule has 0 spiro atoms. The molecule has 0 N–H and O–H groups in total. The lowest BCUT2D eigenvalue weighted by Gasteiger charge is -2.34. The molecule has 19 heavy (non-hydrogen) atoms. The normalized spacial score (nSPS) is 18.6. The van der Waals surface area contributed by atoms with Gasteiger partial charge in [0.25, 0.3) is 0 Å². The first kappa shape index (κ1) is 12.8. The Labute approximate surface area is 119 Å². The quantitative estimate of drug-likeness (QED) is 0.724. The minimum Gasteiger partial charge on any atom is -0.207 e. The van der Waals surface area contributed by atoms with Gasteiger partial charge in [-0.1, -0.05) is 46.3 Å². The molecule has 0 saturated carbocycles. The van der Waals surface area contributed by atoms with Crippen LogP contribution in [0, 0.1) is 11.6 Å². The molecular formula is C16H13BrF2. The maximum Gasteiger partial charge on any atom is 0.129 e. The molecule has 3 rings (SSSR count). The summed E-state index contributed by atoms with van der Waals surface area (Å²) < 4.78 is 26.5. The highest BCUT2D eigenvalue weighted by molar-refractivity contribution is 9.09. The molecule has 0 fully saturated rings. The average Bonchev–Trinajstić information content (AvgIpc) is 2.34. The maximum atomic E-state index is 13.6. The van der Waals surface area contributed by atoms with E-state index >= 15 is 0 Å². The highest BCUT2D eigenvalue weighted by Gasteiger charge is 2.31. The fourth-order valence-electron chi connectivity index (χ4n) is 2.66. The van der Waals surface area contributed by atoms with E-state index in [1.165, 1.54) is 23.3 Å². The van der Waals surface area contributed by atoms with Gasteiger partial charge in [-0.3, -0.25) is 0 Å². The molecule has 1 aliphatic rings. The number of hydrogen-bond donors (Lipinski definition) is 0. The molecule has 0 amide bonds. The first-order valence-corrected chi connectivity index (χ1v) is 7.22. The van der Waals surface area contributed by atoms with E-state index in [-0.39, 0.29) is 4.83 Å². The Hall–Kier alpha value is -1.22. The predicted octanol–water partition coefficient (Wildman–Crippen LogP) is 4.61. The molecular weight excluding hydrogens is 310 g/mol. The summed E-state index contributed by atoms with van der Waals surface area (Å²) in [5.41, 5.74) is 3.27. The third-order valence-corrected chi connectivity index (χ3v) is 4.72. The van der Waals surface area contributed by atoms with Crippen LogP contribution in [-0.2, 0) is 12.8 Å². The number of alkyl halides is 1. The smallest absolute Gasteiger partial charge is 0.129 e. The first-order chi connectivity index (χ1) is 9.15. The second-order valence-electron chi connectivity index (χ2n) is 4.97. The Bertz CT molecular complexity index is 609. The van der Waals surface area contributed by atoms with E-state index in [9.17, 15) is 8.78 Å². The monoisotopic (exact) mass is 322 g/mol. The SMILES string of the molecule is Fc1ccc(CC(Br)C2Cc3ccccc32)c(F)c1. The standard InChI is InChI=1S/C16H13BrF2/c17-15(8-11-5-6-12(18)9-16(11)19)14-7-10-3-1-2-4-13(10)14/h1-6,9,14-15H,7-8H2. The summed E-state index contributed by atoms with van der Waals surface area (Å²) in [6.07, 6.45) is 1.60. The Morgan fingerprint density at radius 3 is 2.68 bits per heavy atom. The van der Waals surface area contributed by atoms with E-state index in [2.05, 4.69) is 28.1 Å². The van der Waals surface area contributed by atoms with Crippen molar-refractivity contribution >= 4 is 15.9 Å². The number of halogens is 3. The van der Waals surface area contributed by atoms with Crippen molar-refractivity contribution in [2.45, 2.75) is 23.6 Å². The minimum atomic E-state index is -0.527. The van der Waals surface area contributed by atoms with Crippen molar-refractivity contribution in [3.8, 4) is 0 Å². The lowest BCUT2D eigenvalue weighted by molar-refractivity contribution is 0.547. The molecule has 0 saturated heterocycles. The second-order valence-corrected chi connectivity index (χ2v) is 6.14. The summed E-state index contributed by atoms with van der Waals surface area (Å²) >= 11 is 3.65. The first-order valence-electron chi connectivity index (χ1n) is 6.31. The van der Waals surface area contributed by atoms with Gasteiger partial charge in [-0.05, 0) is 35.6 Å². The van der Waals surface area contributed by atoms with Crippen LogP contribution in [0.15, 0.2) is 42.5 Å². The highest BCUT2D eigenvalue weighted by atomic mass is 79.9. The van der Waals surface area contributed by atoms with E-state index in [0.29, 0.717) is 17.9 Å². The Balaban J connectivity index is 1.75. The third-order valence-electron chi connectivity index (χ3n) is 3.76. The molecule has 0 bridgehead atoms. The van der Waals surface area contributed by atoms with Crippen LogP contribution >= 0.6 is 15.9 Å². The average molecular weight is 323 g/mol. The zero-order chi connectivity index (χ0) is 13.4. The van der Waals surface area contributed by atoms with Crippen molar-refractivity contribution in [2.24, 2.45) is 0 Å². The van der Waals surface area contributed by atoms with Gasteiger partial charge in [0, 0.05) is 16.8 Å². The van der Waals surface area contributed by atoms with E-state index < -0.39 is 11.6 Å². The molecule has 0 radical (unpaired) electrons. The lowest BCUT2D eigenvalue weighted by atomic mass is 9.75. The maximum absolute atomic E-state index is 13.6. The Morgan fingerprint density at radius 2 is 1.95 bits per heavy atom. The van der Waals surface area contributed by atoms with Crippen molar-refractivity contribution in [2.75, 3.05) is 0 Å². The topological polar surface area (TPSA) is 0 Å². The molecule has 0 aliphatic heterocycles. The summed E-state index contributed by atoms with van der Waals surface area (Å²) in [5.74, 6) is -0.570. The van der Waals surface area contributed by atoms with E-state index in [4.69, 9.17) is 0 Å². The summed E-state index contributed by atoms with van der Waals surface area (Å²) in [7, 11) is 0. The lowest BCUT2D eigenvalue weighted by Crippen LogP contribution is -2.26. The Morgan fingerprint density at radius 1 is 1.16 bits per heavy atom. The van der Waals surface area contributed by atoms with Gasteiger partial charge in [-0.15, -0.1) is 0 Å². The third kappa shape index (κ3) is 2.44. The second kappa shape index (κ2) is 5.04. The number of fused-ring (bicyclic) bond motifs is 1. The molecule has 2 atom stereocenters. The zero-order valence-electron chi connectivity index (χ0n) is 10.2. The van der Waals surface area contributed by atoms with E-state index in [0.717, 1.165) is 12.5 Å². The van der Waals surface area contributed by atoms with Crippen LogP contribution in [0.25, 0.3) is 0 Å². The van der Waals surface area contributed by atoms with Crippen LogP contribution in [0.5, 0.6) is 0 Å². The van der Waals surface area contributed by atoms with Crippen LogP contribution in [0.1, 0.15) is 22.6 Å². The van der Waals surface area contributed by atoms with Gasteiger partial charge in [0.1, 0.15) is 11.6 Å². The zero-order valence-corrected chi connectivity index (χ0v) is 11.8. The largest absolute Gasteiger partial charge is 0.207 e. The van der Waals surface area contributed by atoms with Crippen molar-refractivity contribution in [1.82, 2.24) is 0 Å². The molecule has 0 nitrogen and oxygen atoms in total. The van der Waals surface area contributed by atoms with Gasteiger partial charge < -0.3 is 0 Å². The van der Waals surface area contributed by atoms with Gasteiger partial charge in [0.15, 0.2) is 0 Å². The van der Waals surface area contributed by atoms with Crippen molar-refractivity contribution < 1.29 is 8.78 Å². The van der Waals surface area contributed by atoms with Crippen molar-refractivity contribution in [3.63, 3.8) is 0 Å². The molecule has 2 unspecified atom stereocenters. The minimum absolute atomic E-state index is 0.183. The molecule has 0 heterocycles. The van der Waals surface area contributed by atoms with Crippen molar-refractivity contribution in [1.29, 1.82) is 0 Å². The van der Waals surface area contributed by atoms with Gasteiger partial charge in [0.05, 0.1) is 0 Å². The predicted molar refractivity (Wildman–Crippen MR) is 75.7 cm³/mol. The molecule has 3 heteroatoms. The van der Waals surface area contributed by atoms with Gasteiger partial charge >= 0.3 is 0 Å². The van der Waals surface area contributed by atoms with E-state index in [1.807, 2.05) is 12.1 Å². The van der Waals surface area contributed by atoms with Crippen LogP contribution in [0.4, 0.5) is 8.78 Å². The number of benzene rings is 2. The Kier molecular flexibility index (Phi) is 3.40. The number of rotatable bonds is 3. The van der Waals surface area contributed by atoms with E-state index in [1.54, 1.807) is 0 Å².